The number of nitrogens with zero attached hydrogens (tertiary/aromatic N) is 2. The van der Waals surface area contributed by atoms with Gasteiger partial charge >= 0.3 is 6.18 Å². The number of ether oxygens (including phenoxy) is 2. The van der Waals surface area contributed by atoms with Crippen LogP contribution in [-0.2, 0) is 11.2 Å². The third-order valence-electron chi connectivity index (χ3n) is 5.22. The molecule has 2 aliphatic rings. The molecule has 8 heteroatoms. The Balaban J connectivity index is 1.93. The molecule has 0 bridgehead atoms. The Morgan fingerprint density at radius 2 is 2.00 bits per heavy atom. The van der Waals surface area contributed by atoms with Crippen molar-refractivity contribution in [3.05, 3.63) is 29.1 Å². The molecule has 4 nitrogen and oxygen atoms in total. The van der Waals surface area contributed by atoms with Gasteiger partial charge in [-0.25, -0.2) is 4.39 Å². The summed E-state index contributed by atoms with van der Waals surface area (Å²) in [6.45, 7) is -1.58. The van der Waals surface area contributed by atoms with Crippen LogP contribution in [0.5, 0.6) is 5.75 Å². The van der Waals surface area contributed by atoms with E-state index in [1.165, 1.54) is 12.1 Å². The summed E-state index contributed by atoms with van der Waals surface area (Å²) in [7, 11) is 1.65. The van der Waals surface area contributed by atoms with E-state index >= 15 is 0 Å². The first kappa shape index (κ1) is 18.6. The molecule has 0 unspecified atom stereocenters. The Hall–Kier alpha value is -2.14. The highest BCUT2D eigenvalue weighted by molar-refractivity contribution is 6.09. The molecule has 1 spiro atoms. The Morgan fingerprint density at radius 1 is 1.31 bits per heavy atom. The van der Waals surface area contributed by atoms with Gasteiger partial charge in [0.2, 0.25) is 6.19 Å². The van der Waals surface area contributed by atoms with E-state index in [2.05, 4.69) is 9.73 Å². The molecule has 2 aliphatic carbocycles. The van der Waals surface area contributed by atoms with Crippen LogP contribution < -0.4 is 4.74 Å². The maximum absolute atomic E-state index is 14.2. The molecule has 26 heavy (non-hydrogen) atoms. The van der Waals surface area contributed by atoms with Gasteiger partial charge < -0.3 is 9.47 Å². The average Bonchev–Trinajstić information content (AvgIpc) is 2.86. The van der Waals surface area contributed by atoms with E-state index in [1.807, 2.05) is 0 Å². The lowest BCUT2D eigenvalue weighted by Crippen LogP contribution is -2.35. The predicted octanol–water partition coefficient (Wildman–Crippen LogP) is 4.17. The average molecular weight is 370 g/mol. The first-order valence-corrected chi connectivity index (χ1v) is 8.30. The molecular formula is C18H18F4N2O2. The predicted molar refractivity (Wildman–Crippen MR) is 85.5 cm³/mol. The van der Waals surface area contributed by atoms with Crippen molar-refractivity contribution < 1.29 is 27.0 Å². The van der Waals surface area contributed by atoms with Crippen LogP contribution in [0.1, 0.15) is 36.8 Å². The van der Waals surface area contributed by atoms with E-state index in [4.69, 9.17) is 10.00 Å². The molecule has 0 radical (unpaired) electrons. The third-order valence-corrected chi connectivity index (χ3v) is 5.22. The van der Waals surface area contributed by atoms with Crippen LogP contribution in [0.2, 0.25) is 0 Å². The van der Waals surface area contributed by atoms with Crippen molar-refractivity contribution in [2.75, 3.05) is 13.7 Å². The highest BCUT2D eigenvalue weighted by atomic mass is 19.4. The van der Waals surface area contributed by atoms with Crippen LogP contribution in [0.4, 0.5) is 17.6 Å². The number of nitriles is 1. The lowest BCUT2D eigenvalue weighted by molar-refractivity contribution is -0.153. The van der Waals surface area contributed by atoms with Gasteiger partial charge in [0.15, 0.2) is 18.2 Å². The zero-order valence-electron chi connectivity index (χ0n) is 14.2. The number of alkyl halides is 3. The topological polar surface area (TPSA) is 54.6 Å². The van der Waals surface area contributed by atoms with Crippen LogP contribution in [0.3, 0.4) is 0 Å². The lowest BCUT2D eigenvalue weighted by atomic mass is 9.70. The largest absolute Gasteiger partial charge is 0.481 e. The molecule has 0 aromatic heterocycles. The lowest BCUT2D eigenvalue weighted by Gasteiger charge is -2.36. The minimum absolute atomic E-state index is 0.134. The van der Waals surface area contributed by atoms with E-state index < -0.39 is 29.8 Å². The number of hydrogen-bond donors (Lipinski definition) is 0. The quantitative estimate of drug-likeness (QED) is 0.593. The molecule has 3 rings (SSSR count). The fourth-order valence-electron chi connectivity index (χ4n) is 3.99. The summed E-state index contributed by atoms with van der Waals surface area (Å²) in [6.07, 6.45) is 0.883. The summed E-state index contributed by atoms with van der Waals surface area (Å²) in [5.41, 5.74) is 1.26. The first-order chi connectivity index (χ1) is 12.3. The van der Waals surface area contributed by atoms with E-state index in [0.717, 1.165) is 25.7 Å². The SMILES string of the molecule is CO[C@H]1CC[C@]2(CC1)Cc1cc(F)c(OCC(F)(F)F)cc1/C2=N\C#N. The first-order valence-electron chi connectivity index (χ1n) is 8.30. The van der Waals surface area contributed by atoms with Crippen molar-refractivity contribution in [2.24, 2.45) is 10.4 Å². The maximum atomic E-state index is 14.2. The molecule has 1 fully saturated rings. The second-order valence-electron chi connectivity index (χ2n) is 6.80. The molecule has 0 aliphatic heterocycles. The minimum Gasteiger partial charge on any atom is -0.481 e. The second-order valence-corrected chi connectivity index (χ2v) is 6.80. The number of hydrogen-bond acceptors (Lipinski definition) is 4. The van der Waals surface area contributed by atoms with Crippen molar-refractivity contribution in [1.82, 2.24) is 0 Å². The van der Waals surface area contributed by atoms with Crippen molar-refractivity contribution >= 4 is 5.71 Å². The number of benzene rings is 1. The molecule has 1 saturated carbocycles. The molecule has 0 amide bonds. The van der Waals surface area contributed by atoms with Gasteiger partial charge in [0.05, 0.1) is 11.8 Å². The maximum Gasteiger partial charge on any atom is 0.422 e. The van der Waals surface area contributed by atoms with Gasteiger partial charge in [-0.3, -0.25) is 0 Å². The molecule has 0 atom stereocenters. The summed E-state index contributed by atoms with van der Waals surface area (Å²) in [6, 6.07) is 2.44. The zero-order valence-corrected chi connectivity index (χ0v) is 14.2. The Kier molecular flexibility index (Phi) is 4.93. The highest BCUT2D eigenvalue weighted by Crippen LogP contribution is 2.49. The molecule has 0 N–H and O–H groups in total. The number of fused-ring (bicyclic) bond motifs is 1. The normalized spacial score (nSPS) is 26.8. The van der Waals surface area contributed by atoms with Gasteiger partial charge in [-0.15, -0.1) is 0 Å². The van der Waals surface area contributed by atoms with E-state index in [1.54, 1.807) is 13.3 Å². The second kappa shape index (κ2) is 6.88. The van der Waals surface area contributed by atoms with Crippen LogP contribution in [0.15, 0.2) is 17.1 Å². The van der Waals surface area contributed by atoms with Gasteiger partial charge in [-0.05, 0) is 49.8 Å². The van der Waals surface area contributed by atoms with Crippen LogP contribution in [-0.4, -0.2) is 31.7 Å². The fraction of sp³-hybridized carbons (Fsp3) is 0.556. The van der Waals surface area contributed by atoms with Gasteiger partial charge in [0.25, 0.3) is 0 Å². The molecule has 1 aromatic carbocycles. The summed E-state index contributed by atoms with van der Waals surface area (Å²) in [5, 5.41) is 9.08. The standard InChI is InChI=1S/C18H18F4N2O2/c1-25-12-2-4-17(5-3-12)8-11-6-14(19)15(26-9-18(20,21)22)7-13(11)16(17)24-10-23/h6-7,12H,2-5,8-9H2,1H3/b24-16+/t12-,17-. The van der Waals surface area contributed by atoms with Gasteiger partial charge in [0, 0.05) is 18.1 Å². The number of aliphatic imine (C=N–C) groups is 1. The van der Waals surface area contributed by atoms with E-state index in [9.17, 15) is 17.6 Å². The fourth-order valence-corrected chi connectivity index (χ4v) is 3.99. The smallest absolute Gasteiger partial charge is 0.422 e. The van der Waals surface area contributed by atoms with Crippen molar-refractivity contribution in [2.45, 2.75) is 44.4 Å². The van der Waals surface area contributed by atoms with Crippen LogP contribution >= 0.6 is 0 Å². The Bertz CT molecular complexity index is 760. The van der Waals surface area contributed by atoms with Crippen molar-refractivity contribution in [1.29, 1.82) is 5.26 Å². The van der Waals surface area contributed by atoms with E-state index in [0.29, 0.717) is 23.3 Å². The Morgan fingerprint density at radius 3 is 2.58 bits per heavy atom. The zero-order chi connectivity index (χ0) is 18.9. The molecule has 140 valence electrons. The number of halogens is 4. The molecule has 0 saturated heterocycles. The monoisotopic (exact) mass is 370 g/mol. The van der Waals surface area contributed by atoms with Crippen molar-refractivity contribution in [3.8, 4) is 11.9 Å². The third kappa shape index (κ3) is 3.54. The van der Waals surface area contributed by atoms with Crippen molar-refractivity contribution in [3.63, 3.8) is 0 Å². The van der Waals surface area contributed by atoms with Gasteiger partial charge in [-0.2, -0.15) is 23.4 Å². The molecule has 1 aromatic rings. The number of rotatable bonds is 3. The summed E-state index contributed by atoms with van der Waals surface area (Å²) in [4.78, 5) is 3.95. The summed E-state index contributed by atoms with van der Waals surface area (Å²) >= 11 is 0. The minimum atomic E-state index is -4.56. The van der Waals surface area contributed by atoms with Gasteiger partial charge in [-0.1, -0.05) is 0 Å². The Labute approximate surface area is 148 Å². The van der Waals surface area contributed by atoms with Crippen LogP contribution in [0.25, 0.3) is 0 Å². The summed E-state index contributed by atoms with van der Waals surface area (Å²) < 4.78 is 61.3. The highest BCUT2D eigenvalue weighted by Gasteiger charge is 2.46. The van der Waals surface area contributed by atoms with E-state index in [-0.39, 0.29) is 6.10 Å². The molecular weight excluding hydrogens is 352 g/mol. The van der Waals surface area contributed by atoms with Crippen LogP contribution in [0, 0.1) is 22.7 Å². The molecule has 0 heterocycles. The summed E-state index contributed by atoms with van der Waals surface area (Å²) in [5.74, 6) is -1.32. The van der Waals surface area contributed by atoms with Gasteiger partial charge in [0.1, 0.15) is 0 Å². The number of methoxy groups -OCH3 is 1.